The molecule has 0 aliphatic heterocycles. The molecule has 0 amide bonds. The van der Waals surface area contributed by atoms with Gasteiger partial charge >= 0.3 is 0 Å². The van der Waals surface area contributed by atoms with E-state index in [1.165, 1.54) is 12.1 Å². The van der Waals surface area contributed by atoms with Gasteiger partial charge in [0.15, 0.2) is 5.78 Å². The van der Waals surface area contributed by atoms with Gasteiger partial charge in [-0.1, -0.05) is 36.4 Å². The lowest BCUT2D eigenvalue weighted by atomic mass is 10.1. The number of hydrogen-bond acceptors (Lipinski definition) is 3. The predicted molar refractivity (Wildman–Crippen MR) is 103 cm³/mol. The summed E-state index contributed by atoms with van der Waals surface area (Å²) in [6, 6.07) is 14.0. The Hall–Kier alpha value is -3.21. The Bertz CT molecular complexity index is 943. The Kier molecular flexibility index (Phi) is 5.81. The van der Waals surface area contributed by atoms with E-state index in [9.17, 15) is 9.18 Å². The zero-order valence-corrected chi connectivity index (χ0v) is 15.3. The van der Waals surface area contributed by atoms with Crippen LogP contribution in [0.15, 0.2) is 67.0 Å². The van der Waals surface area contributed by atoms with Crippen LogP contribution in [0.25, 0.3) is 6.08 Å². The molecule has 138 valence electrons. The first-order valence-corrected chi connectivity index (χ1v) is 8.76. The third-order valence-corrected chi connectivity index (χ3v) is 4.07. The third-order valence-electron chi connectivity index (χ3n) is 4.07. The zero-order chi connectivity index (χ0) is 19.2. The number of carbonyl (C=O) groups excluding carboxylic acids is 1. The van der Waals surface area contributed by atoms with Gasteiger partial charge in [0, 0.05) is 17.8 Å². The van der Waals surface area contributed by atoms with Gasteiger partial charge in [-0.15, -0.1) is 0 Å². The highest BCUT2D eigenvalue weighted by atomic mass is 19.1. The van der Waals surface area contributed by atoms with Gasteiger partial charge in [0.25, 0.3) is 0 Å². The van der Waals surface area contributed by atoms with Crippen LogP contribution in [0.2, 0.25) is 0 Å². The first kappa shape index (κ1) is 18.6. The van der Waals surface area contributed by atoms with Crippen molar-refractivity contribution in [2.24, 2.45) is 0 Å². The highest BCUT2D eigenvalue weighted by molar-refractivity contribution is 6.06. The topological polar surface area (TPSA) is 44.1 Å². The van der Waals surface area contributed by atoms with Crippen LogP contribution >= 0.6 is 0 Å². The van der Waals surface area contributed by atoms with Gasteiger partial charge in [0.2, 0.25) is 0 Å². The summed E-state index contributed by atoms with van der Waals surface area (Å²) >= 11 is 0. The molecule has 0 saturated carbocycles. The largest absolute Gasteiger partial charge is 0.489 e. The molecule has 3 rings (SSSR count). The molecular weight excluding hydrogens is 343 g/mol. The van der Waals surface area contributed by atoms with Gasteiger partial charge in [-0.05, 0) is 43.7 Å². The predicted octanol–water partition coefficient (Wildman–Crippen LogP) is 5.08. The summed E-state index contributed by atoms with van der Waals surface area (Å²) in [5, 5.41) is 4.17. The van der Waals surface area contributed by atoms with Gasteiger partial charge in [-0.25, -0.2) is 4.39 Å². The van der Waals surface area contributed by atoms with Crippen molar-refractivity contribution in [2.45, 2.75) is 26.5 Å². The number of rotatable bonds is 7. The summed E-state index contributed by atoms with van der Waals surface area (Å²) in [5.74, 6) is 0.262. The summed E-state index contributed by atoms with van der Waals surface area (Å²) < 4.78 is 20.9. The molecule has 3 aromatic rings. The van der Waals surface area contributed by atoms with Gasteiger partial charge in [0.05, 0.1) is 11.8 Å². The lowest BCUT2D eigenvalue weighted by Crippen LogP contribution is -2.00. The van der Waals surface area contributed by atoms with Gasteiger partial charge in [-0.2, -0.15) is 5.10 Å². The molecule has 0 saturated heterocycles. The van der Waals surface area contributed by atoms with Crippen molar-refractivity contribution in [1.29, 1.82) is 0 Å². The van der Waals surface area contributed by atoms with Crippen LogP contribution in [-0.2, 0) is 6.61 Å². The average Bonchev–Trinajstić information content (AvgIpc) is 3.17. The Balaban J connectivity index is 1.59. The molecule has 27 heavy (non-hydrogen) atoms. The minimum absolute atomic E-state index is 0.0956. The fourth-order valence-electron chi connectivity index (χ4n) is 2.47. The maximum absolute atomic E-state index is 13.6. The van der Waals surface area contributed by atoms with E-state index in [1.54, 1.807) is 53.5 Å². The van der Waals surface area contributed by atoms with Gasteiger partial charge in [-0.3, -0.25) is 9.48 Å². The molecule has 4 nitrogen and oxygen atoms in total. The average molecular weight is 364 g/mol. The second-order valence-electron chi connectivity index (χ2n) is 6.45. The van der Waals surface area contributed by atoms with Crippen LogP contribution in [0.3, 0.4) is 0 Å². The maximum Gasteiger partial charge on any atom is 0.189 e. The minimum Gasteiger partial charge on any atom is -0.489 e. The monoisotopic (exact) mass is 364 g/mol. The van der Waals surface area contributed by atoms with Crippen LogP contribution in [-0.4, -0.2) is 15.6 Å². The summed E-state index contributed by atoms with van der Waals surface area (Å²) in [6.45, 7) is 4.18. The summed E-state index contributed by atoms with van der Waals surface area (Å²) in [4.78, 5) is 12.2. The van der Waals surface area contributed by atoms with Gasteiger partial charge in [0.1, 0.15) is 18.2 Å². The highest BCUT2D eigenvalue weighted by Crippen LogP contribution is 2.16. The maximum atomic E-state index is 13.6. The van der Waals surface area contributed by atoms with E-state index < -0.39 is 0 Å². The van der Waals surface area contributed by atoms with Crippen molar-refractivity contribution in [3.8, 4) is 5.75 Å². The van der Waals surface area contributed by atoms with Crippen molar-refractivity contribution >= 4 is 11.9 Å². The second kappa shape index (κ2) is 8.45. The molecule has 0 atom stereocenters. The molecule has 2 aromatic carbocycles. The number of halogens is 1. The lowest BCUT2D eigenvalue weighted by molar-refractivity contribution is 0.104. The molecule has 0 N–H and O–H groups in total. The molecule has 0 radical (unpaired) electrons. The first-order valence-electron chi connectivity index (χ1n) is 8.76. The Labute approximate surface area is 157 Å². The van der Waals surface area contributed by atoms with Crippen LogP contribution in [0.4, 0.5) is 4.39 Å². The minimum atomic E-state index is -0.281. The first-order chi connectivity index (χ1) is 13.0. The number of ether oxygens (including phenoxy) is 1. The third kappa shape index (κ3) is 4.91. The normalized spacial score (nSPS) is 11.3. The SMILES string of the molecule is CC(C)n1cc(C(=O)/C=C/c2ccc(OCc3ccccc3F)cc2)cn1. The van der Waals surface area contributed by atoms with Crippen molar-refractivity contribution in [1.82, 2.24) is 9.78 Å². The summed E-state index contributed by atoms with van der Waals surface area (Å²) in [5.41, 5.74) is 1.94. The Morgan fingerprint density at radius 2 is 1.93 bits per heavy atom. The van der Waals surface area contributed by atoms with Crippen LogP contribution in [0.1, 0.15) is 41.4 Å². The van der Waals surface area contributed by atoms with Crippen molar-refractivity contribution in [3.05, 3.63) is 89.5 Å². The Morgan fingerprint density at radius 3 is 2.59 bits per heavy atom. The molecule has 5 heteroatoms. The smallest absolute Gasteiger partial charge is 0.189 e. The van der Waals surface area contributed by atoms with Crippen molar-refractivity contribution < 1.29 is 13.9 Å². The highest BCUT2D eigenvalue weighted by Gasteiger charge is 2.07. The number of allylic oxidation sites excluding steroid dienone is 1. The zero-order valence-electron chi connectivity index (χ0n) is 15.3. The molecule has 0 spiro atoms. The van der Waals surface area contributed by atoms with Gasteiger partial charge < -0.3 is 4.74 Å². The molecule has 1 aromatic heterocycles. The van der Waals surface area contributed by atoms with E-state index in [4.69, 9.17) is 4.74 Å². The van der Waals surface area contributed by atoms with Crippen molar-refractivity contribution in [2.75, 3.05) is 0 Å². The lowest BCUT2D eigenvalue weighted by Gasteiger charge is -2.07. The second-order valence-corrected chi connectivity index (χ2v) is 6.45. The van der Waals surface area contributed by atoms with E-state index in [-0.39, 0.29) is 24.2 Å². The summed E-state index contributed by atoms with van der Waals surface area (Å²) in [7, 11) is 0. The quantitative estimate of drug-likeness (QED) is 0.434. The number of benzene rings is 2. The van der Waals surface area contributed by atoms with Crippen LogP contribution in [0, 0.1) is 5.82 Å². The molecule has 0 aliphatic carbocycles. The van der Waals surface area contributed by atoms with E-state index in [0.29, 0.717) is 16.9 Å². The van der Waals surface area contributed by atoms with Crippen molar-refractivity contribution in [3.63, 3.8) is 0 Å². The number of nitrogens with zero attached hydrogens (tertiary/aromatic N) is 2. The van der Waals surface area contributed by atoms with E-state index in [2.05, 4.69) is 5.10 Å². The fourth-order valence-corrected chi connectivity index (χ4v) is 2.47. The van der Waals surface area contributed by atoms with E-state index in [0.717, 1.165) is 5.56 Å². The van der Waals surface area contributed by atoms with E-state index >= 15 is 0 Å². The molecule has 0 fully saturated rings. The van der Waals surface area contributed by atoms with E-state index in [1.807, 2.05) is 26.0 Å². The number of carbonyl (C=O) groups is 1. The van der Waals surface area contributed by atoms with Crippen LogP contribution in [0.5, 0.6) is 5.75 Å². The standard InChI is InChI=1S/C22H21FN2O2/c1-16(2)25-14-19(13-24-25)22(26)12-9-17-7-10-20(11-8-17)27-15-18-5-3-4-6-21(18)23/h3-14,16H,15H2,1-2H3/b12-9+. The summed E-state index contributed by atoms with van der Waals surface area (Å²) in [6.07, 6.45) is 6.59. The van der Waals surface area contributed by atoms with Crippen LogP contribution < -0.4 is 4.74 Å². The number of aromatic nitrogens is 2. The number of hydrogen-bond donors (Lipinski definition) is 0. The Morgan fingerprint density at radius 1 is 1.19 bits per heavy atom. The molecule has 0 aliphatic rings. The molecule has 0 unspecified atom stereocenters. The molecule has 1 heterocycles. The molecular formula is C22H21FN2O2. The molecule has 0 bridgehead atoms. The fraction of sp³-hybridized carbons (Fsp3) is 0.182. The number of ketones is 1.